The van der Waals surface area contributed by atoms with Gasteiger partial charge in [-0.25, -0.2) is 0 Å². The van der Waals surface area contributed by atoms with Gasteiger partial charge in [-0.05, 0) is 13.3 Å². The molecule has 0 saturated heterocycles. The second-order valence-corrected chi connectivity index (χ2v) is 3.34. The lowest BCUT2D eigenvalue weighted by molar-refractivity contribution is 0.0956. The molecule has 1 aromatic rings. The first kappa shape index (κ1) is 10.9. The molecule has 2 N–H and O–H groups in total. The van der Waals surface area contributed by atoms with Crippen LogP contribution in [0.1, 0.15) is 37.0 Å². The topological polar surface area (TPSA) is 60.9 Å². The molecule has 0 radical (unpaired) electrons. The minimum atomic E-state index is -0.380. The zero-order chi connectivity index (χ0) is 10.6. The Balaban J connectivity index is 2.68. The van der Waals surface area contributed by atoms with Gasteiger partial charge in [-0.15, -0.1) is 0 Å². The third-order valence-electron chi connectivity index (χ3n) is 2.18. The summed E-state index contributed by atoms with van der Waals surface area (Å²) < 4.78 is 1.73. The standard InChI is InChI=1S/C10H17N3O/c1-3-5-9(11)10(14)8-6-12-13(4-2)7-8/h6-7,9H,3-5,11H2,1-2H3. The maximum absolute atomic E-state index is 11.7. The zero-order valence-electron chi connectivity index (χ0n) is 8.73. The highest BCUT2D eigenvalue weighted by Gasteiger charge is 2.15. The monoisotopic (exact) mass is 195 g/mol. The van der Waals surface area contributed by atoms with E-state index in [2.05, 4.69) is 5.10 Å². The molecule has 1 aromatic heterocycles. The fourth-order valence-electron chi connectivity index (χ4n) is 1.32. The average molecular weight is 195 g/mol. The molecule has 78 valence electrons. The number of nitrogens with zero attached hydrogens (tertiary/aromatic N) is 2. The van der Waals surface area contributed by atoms with Gasteiger partial charge < -0.3 is 5.73 Å². The molecule has 1 rings (SSSR count). The Morgan fingerprint density at radius 1 is 1.64 bits per heavy atom. The van der Waals surface area contributed by atoms with Gasteiger partial charge in [0, 0.05) is 12.7 Å². The molecule has 0 amide bonds. The molecule has 0 aromatic carbocycles. The maximum Gasteiger partial charge on any atom is 0.182 e. The van der Waals surface area contributed by atoms with Crippen molar-refractivity contribution >= 4 is 5.78 Å². The van der Waals surface area contributed by atoms with Gasteiger partial charge in [-0.1, -0.05) is 13.3 Å². The minimum absolute atomic E-state index is 0.00782. The van der Waals surface area contributed by atoms with E-state index in [0.29, 0.717) is 5.56 Å². The maximum atomic E-state index is 11.7. The first-order valence-corrected chi connectivity index (χ1v) is 5.01. The quantitative estimate of drug-likeness (QED) is 0.718. The van der Waals surface area contributed by atoms with Crippen molar-refractivity contribution in [2.45, 2.75) is 39.3 Å². The predicted molar refractivity (Wildman–Crippen MR) is 55.1 cm³/mol. The molecule has 14 heavy (non-hydrogen) atoms. The van der Waals surface area contributed by atoms with Crippen LogP contribution >= 0.6 is 0 Å². The molecule has 0 aliphatic rings. The summed E-state index contributed by atoms with van der Waals surface area (Å²) in [4.78, 5) is 11.7. The van der Waals surface area contributed by atoms with E-state index < -0.39 is 0 Å². The molecule has 0 bridgehead atoms. The summed E-state index contributed by atoms with van der Waals surface area (Å²) in [5.41, 5.74) is 6.34. The number of Topliss-reactive ketones (excluding diaryl/α,β-unsaturated/α-hetero) is 1. The molecule has 1 unspecified atom stereocenters. The summed E-state index contributed by atoms with van der Waals surface area (Å²) in [6.07, 6.45) is 4.99. The Morgan fingerprint density at radius 2 is 2.36 bits per heavy atom. The first-order chi connectivity index (χ1) is 6.69. The molecule has 0 aliphatic heterocycles. The van der Waals surface area contributed by atoms with Gasteiger partial charge in [0.15, 0.2) is 5.78 Å². The predicted octanol–water partition coefficient (Wildman–Crippen LogP) is 1.21. The van der Waals surface area contributed by atoms with Crippen LogP contribution in [-0.2, 0) is 6.54 Å². The van der Waals surface area contributed by atoms with Crippen LogP contribution in [0, 0.1) is 0 Å². The van der Waals surface area contributed by atoms with Crippen LogP contribution in [0.3, 0.4) is 0 Å². The summed E-state index contributed by atoms with van der Waals surface area (Å²) in [5.74, 6) is -0.00782. The first-order valence-electron chi connectivity index (χ1n) is 5.01. The van der Waals surface area contributed by atoms with Gasteiger partial charge in [-0.2, -0.15) is 5.10 Å². The lowest BCUT2D eigenvalue weighted by Gasteiger charge is -2.06. The summed E-state index contributed by atoms with van der Waals surface area (Å²) >= 11 is 0. The van der Waals surface area contributed by atoms with Crippen LogP contribution in [0.2, 0.25) is 0 Å². The number of rotatable bonds is 5. The largest absolute Gasteiger partial charge is 0.321 e. The average Bonchev–Trinajstić information content (AvgIpc) is 2.65. The highest BCUT2D eigenvalue weighted by atomic mass is 16.1. The molecular weight excluding hydrogens is 178 g/mol. The number of aromatic nitrogens is 2. The van der Waals surface area contributed by atoms with Crippen molar-refractivity contribution in [1.29, 1.82) is 0 Å². The van der Waals surface area contributed by atoms with Crippen molar-refractivity contribution in [2.75, 3.05) is 0 Å². The number of hydrogen-bond donors (Lipinski definition) is 1. The van der Waals surface area contributed by atoms with Crippen LogP contribution in [0.4, 0.5) is 0 Å². The Kier molecular flexibility index (Phi) is 3.83. The normalized spacial score (nSPS) is 12.8. The van der Waals surface area contributed by atoms with E-state index in [1.54, 1.807) is 17.1 Å². The van der Waals surface area contributed by atoms with Crippen LogP contribution in [0.15, 0.2) is 12.4 Å². The summed E-state index contributed by atoms with van der Waals surface area (Å²) in [6.45, 7) is 4.77. The van der Waals surface area contributed by atoms with Crippen molar-refractivity contribution in [3.63, 3.8) is 0 Å². The van der Waals surface area contributed by atoms with Crippen LogP contribution in [0.5, 0.6) is 0 Å². The number of aryl methyl sites for hydroxylation is 1. The van der Waals surface area contributed by atoms with E-state index in [4.69, 9.17) is 5.73 Å². The van der Waals surface area contributed by atoms with E-state index >= 15 is 0 Å². The summed E-state index contributed by atoms with van der Waals surface area (Å²) in [6, 6.07) is -0.380. The SMILES string of the molecule is CCCC(N)C(=O)c1cnn(CC)c1. The summed E-state index contributed by atoms with van der Waals surface area (Å²) in [5, 5.41) is 4.04. The number of ketones is 1. The minimum Gasteiger partial charge on any atom is -0.321 e. The van der Waals surface area contributed by atoms with Gasteiger partial charge in [0.2, 0.25) is 0 Å². The molecule has 0 spiro atoms. The van der Waals surface area contributed by atoms with Gasteiger partial charge >= 0.3 is 0 Å². The fraction of sp³-hybridized carbons (Fsp3) is 0.600. The molecule has 4 heteroatoms. The Bertz CT molecular complexity index is 306. The van der Waals surface area contributed by atoms with E-state index in [1.165, 1.54) is 0 Å². The Morgan fingerprint density at radius 3 is 2.86 bits per heavy atom. The molecule has 1 heterocycles. The second-order valence-electron chi connectivity index (χ2n) is 3.34. The number of nitrogens with two attached hydrogens (primary N) is 1. The fourth-order valence-corrected chi connectivity index (χ4v) is 1.32. The molecule has 0 saturated carbocycles. The van der Waals surface area contributed by atoms with Crippen molar-refractivity contribution in [3.05, 3.63) is 18.0 Å². The molecule has 1 atom stereocenters. The molecule has 0 aliphatic carbocycles. The van der Waals surface area contributed by atoms with E-state index in [-0.39, 0.29) is 11.8 Å². The Hall–Kier alpha value is -1.16. The molecule has 0 fully saturated rings. The number of carbonyl (C=O) groups is 1. The Labute approximate surface area is 84.1 Å². The van der Waals surface area contributed by atoms with Crippen molar-refractivity contribution in [3.8, 4) is 0 Å². The third-order valence-corrected chi connectivity index (χ3v) is 2.18. The van der Waals surface area contributed by atoms with E-state index in [9.17, 15) is 4.79 Å². The van der Waals surface area contributed by atoms with Gasteiger partial charge in [0.05, 0.1) is 17.8 Å². The van der Waals surface area contributed by atoms with Crippen molar-refractivity contribution < 1.29 is 4.79 Å². The van der Waals surface area contributed by atoms with Gasteiger partial charge in [-0.3, -0.25) is 9.48 Å². The van der Waals surface area contributed by atoms with Gasteiger partial charge in [0.1, 0.15) is 0 Å². The van der Waals surface area contributed by atoms with Crippen molar-refractivity contribution in [2.24, 2.45) is 5.73 Å². The highest BCUT2D eigenvalue weighted by Crippen LogP contribution is 2.05. The lowest BCUT2D eigenvalue weighted by Crippen LogP contribution is -2.29. The molecule has 4 nitrogen and oxygen atoms in total. The van der Waals surface area contributed by atoms with E-state index in [1.807, 2.05) is 13.8 Å². The number of carbonyl (C=O) groups excluding carboxylic acids is 1. The van der Waals surface area contributed by atoms with Crippen LogP contribution in [0.25, 0.3) is 0 Å². The highest BCUT2D eigenvalue weighted by molar-refractivity contribution is 5.99. The second kappa shape index (κ2) is 4.91. The van der Waals surface area contributed by atoms with Crippen LogP contribution in [-0.4, -0.2) is 21.6 Å². The smallest absolute Gasteiger partial charge is 0.182 e. The summed E-state index contributed by atoms with van der Waals surface area (Å²) in [7, 11) is 0. The third kappa shape index (κ3) is 2.42. The number of hydrogen-bond acceptors (Lipinski definition) is 3. The zero-order valence-corrected chi connectivity index (χ0v) is 8.73. The van der Waals surface area contributed by atoms with Gasteiger partial charge in [0.25, 0.3) is 0 Å². The van der Waals surface area contributed by atoms with E-state index in [0.717, 1.165) is 19.4 Å². The van der Waals surface area contributed by atoms with Crippen LogP contribution < -0.4 is 5.73 Å². The lowest BCUT2D eigenvalue weighted by atomic mass is 10.0. The van der Waals surface area contributed by atoms with Crippen molar-refractivity contribution in [1.82, 2.24) is 9.78 Å². The molecular formula is C10H17N3O.